The number of rotatable bonds is 2. The maximum atomic E-state index is 13.7. The minimum atomic E-state index is -0.650. The maximum Gasteiger partial charge on any atom is 0.251 e. The molecule has 2 aromatic heterocycles. The maximum absolute atomic E-state index is 13.7. The van der Waals surface area contributed by atoms with Crippen molar-refractivity contribution in [2.45, 2.75) is 50.6 Å². The smallest absolute Gasteiger partial charge is 0.251 e. The van der Waals surface area contributed by atoms with Crippen molar-refractivity contribution in [2.24, 2.45) is 0 Å². The van der Waals surface area contributed by atoms with Crippen LogP contribution in [0.15, 0.2) is 24.5 Å². The molecule has 1 aliphatic carbocycles. The topological polar surface area (TPSA) is 79.7 Å². The summed E-state index contributed by atoms with van der Waals surface area (Å²) in [6.07, 6.45) is 7.19. The molecule has 8 heteroatoms. The van der Waals surface area contributed by atoms with Crippen molar-refractivity contribution >= 4 is 28.4 Å². The first-order valence-electron chi connectivity index (χ1n) is 9.49. The van der Waals surface area contributed by atoms with E-state index in [0.717, 1.165) is 49.4 Å². The van der Waals surface area contributed by atoms with Crippen molar-refractivity contribution in [3.8, 4) is 0 Å². The van der Waals surface area contributed by atoms with Crippen molar-refractivity contribution in [3.05, 3.63) is 40.8 Å². The molecule has 1 amide bonds. The van der Waals surface area contributed by atoms with Gasteiger partial charge in [0.25, 0.3) is 5.91 Å². The average molecular weight is 385 g/mol. The Labute approximate surface area is 161 Å². The molecule has 1 saturated carbocycles. The Balaban J connectivity index is 1.51. The summed E-state index contributed by atoms with van der Waals surface area (Å²) in [7, 11) is 0. The number of nitrogens with one attached hydrogen (secondary N) is 1. The lowest BCUT2D eigenvalue weighted by molar-refractivity contribution is -0.144. The third kappa shape index (κ3) is 2.64. The number of tetrazole rings is 1. The predicted molar refractivity (Wildman–Crippen MR) is 101 cm³/mol. The van der Waals surface area contributed by atoms with Crippen molar-refractivity contribution in [1.29, 1.82) is 0 Å². The van der Waals surface area contributed by atoms with E-state index in [4.69, 9.17) is 11.6 Å². The summed E-state index contributed by atoms with van der Waals surface area (Å²) in [4.78, 5) is 19.1. The molecule has 1 fully saturated rings. The molecule has 2 aliphatic rings. The second-order valence-corrected chi connectivity index (χ2v) is 8.03. The molecule has 0 atom stereocenters. The van der Waals surface area contributed by atoms with Gasteiger partial charge in [0, 0.05) is 46.7 Å². The quantitative estimate of drug-likeness (QED) is 0.736. The van der Waals surface area contributed by atoms with Gasteiger partial charge in [-0.3, -0.25) is 4.79 Å². The van der Waals surface area contributed by atoms with Gasteiger partial charge in [0.1, 0.15) is 11.9 Å². The number of benzene rings is 1. The van der Waals surface area contributed by atoms with Crippen LogP contribution in [0.5, 0.6) is 0 Å². The first kappa shape index (κ1) is 16.7. The molecule has 1 aliphatic heterocycles. The van der Waals surface area contributed by atoms with E-state index in [1.165, 1.54) is 11.3 Å². The molecule has 140 valence electrons. The number of carbonyl (C=O) groups excluding carboxylic acids is 1. The van der Waals surface area contributed by atoms with Gasteiger partial charge >= 0.3 is 0 Å². The normalized spacial score (nSPS) is 19.2. The number of amides is 1. The highest BCUT2D eigenvalue weighted by molar-refractivity contribution is 6.31. The predicted octanol–water partition coefficient (Wildman–Crippen LogP) is 3.05. The highest BCUT2D eigenvalue weighted by atomic mass is 35.5. The van der Waals surface area contributed by atoms with Crippen LogP contribution in [0, 0.1) is 0 Å². The van der Waals surface area contributed by atoms with Gasteiger partial charge in [-0.25, -0.2) is 4.68 Å². The lowest BCUT2D eigenvalue weighted by Gasteiger charge is -2.40. The van der Waals surface area contributed by atoms with Gasteiger partial charge in [-0.1, -0.05) is 30.9 Å². The van der Waals surface area contributed by atoms with Gasteiger partial charge in [0.15, 0.2) is 0 Å². The molecule has 3 aromatic rings. The Morgan fingerprint density at radius 3 is 2.85 bits per heavy atom. The third-order valence-electron chi connectivity index (χ3n) is 6.09. The molecule has 0 radical (unpaired) electrons. The molecule has 0 spiro atoms. The number of hydrogen-bond donors (Lipinski definition) is 1. The summed E-state index contributed by atoms with van der Waals surface area (Å²) in [6.45, 7) is 1.30. The van der Waals surface area contributed by atoms with Gasteiger partial charge in [-0.15, -0.1) is 5.10 Å². The SMILES string of the molecule is O=C(N1CCc2[nH]c3ccc(Cl)cc3c2C1)C1(n2cnnn2)CCCCC1. The van der Waals surface area contributed by atoms with E-state index >= 15 is 0 Å². The van der Waals surface area contributed by atoms with Crippen LogP contribution in [-0.2, 0) is 23.3 Å². The second-order valence-electron chi connectivity index (χ2n) is 7.60. The minimum absolute atomic E-state index is 0.136. The summed E-state index contributed by atoms with van der Waals surface area (Å²) in [6, 6.07) is 5.88. The Kier molecular flexibility index (Phi) is 3.93. The van der Waals surface area contributed by atoms with Gasteiger partial charge in [0.05, 0.1) is 0 Å². The molecule has 1 aromatic carbocycles. The van der Waals surface area contributed by atoms with E-state index in [0.29, 0.717) is 18.1 Å². The molecular formula is C19H21ClN6O. The van der Waals surface area contributed by atoms with E-state index in [9.17, 15) is 4.79 Å². The molecule has 7 nitrogen and oxygen atoms in total. The van der Waals surface area contributed by atoms with Gasteiger partial charge in [0.2, 0.25) is 0 Å². The molecule has 0 bridgehead atoms. The summed E-state index contributed by atoms with van der Waals surface area (Å²) in [5, 5.41) is 13.5. The van der Waals surface area contributed by atoms with Crippen LogP contribution in [0.2, 0.25) is 5.02 Å². The number of halogens is 1. The van der Waals surface area contributed by atoms with Gasteiger partial charge in [-0.05, 0) is 41.5 Å². The summed E-state index contributed by atoms with van der Waals surface area (Å²) in [5.41, 5.74) is 2.81. The largest absolute Gasteiger partial charge is 0.358 e. The van der Waals surface area contributed by atoms with Crippen LogP contribution in [0.25, 0.3) is 10.9 Å². The van der Waals surface area contributed by atoms with Crippen LogP contribution in [0.1, 0.15) is 43.4 Å². The fourth-order valence-electron chi connectivity index (χ4n) is 4.69. The van der Waals surface area contributed by atoms with Crippen LogP contribution < -0.4 is 0 Å². The number of nitrogens with zero attached hydrogens (tertiary/aromatic N) is 5. The van der Waals surface area contributed by atoms with Crippen LogP contribution in [0.4, 0.5) is 0 Å². The summed E-state index contributed by atoms with van der Waals surface area (Å²) >= 11 is 6.21. The van der Waals surface area contributed by atoms with Crippen molar-refractivity contribution in [2.75, 3.05) is 6.54 Å². The molecular weight excluding hydrogens is 364 g/mol. The lowest BCUT2D eigenvalue weighted by atomic mass is 9.80. The zero-order valence-corrected chi connectivity index (χ0v) is 15.7. The van der Waals surface area contributed by atoms with Crippen molar-refractivity contribution < 1.29 is 4.79 Å². The molecule has 0 saturated heterocycles. The lowest BCUT2D eigenvalue weighted by Crippen LogP contribution is -2.53. The summed E-state index contributed by atoms with van der Waals surface area (Å²) < 4.78 is 1.69. The van der Waals surface area contributed by atoms with E-state index < -0.39 is 5.54 Å². The Morgan fingerprint density at radius 2 is 2.07 bits per heavy atom. The first-order chi connectivity index (χ1) is 13.2. The van der Waals surface area contributed by atoms with Crippen LogP contribution in [-0.4, -0.2) is 42.5 Å². The first-order valence-corrected chi connectivity index (χ1v) is 9.87. The Bertz CT molecular complexity index is 989. The fraction of sp³-hybridized carbons (Fsp3) is 0.474. The second kappa shape index (κ2) is 6.34. The van der Waals surface area contributed by atoms with E-state index in [2.05, 4.69) is 20.5 Å². The molecule has 1 N–H and O–H groups in total. The van der Waals surface area contributed by atoms with Gasteiger partial charge in [-0.2, -0.15) is 0 Å². The molecule has 0 unspecified atom stereocenters. The van der Waals surface area contributed by atoms with Crippen LogP contribution >= 0.6 is 11.6 Å². The minimum Gasteiger partial charge on any atom is -0.358 e. The van der Waals surface area contributed by atoms with Crippen LogP contribution in [0.3, 0.4) is 0 Å². The standard InChI is InChI=1S/C19H21ClN6O/c20-13-4-5-16-14(10-13)15-11-25(9-6-17(15)22-16)18(27)19(7-2-1-3-8-19)26-12-21-23-24-26/h4-5,10,12,22H,1-3,6-9,11H2. The average Bonchev–Trinajstić information content (AvgIpc) is 3.36. The number of hydrogen-bond acceptors (Lipinski definition) is 4. The highest BCUT2D eigenvalue weighted by Gasteiger charge is 2.45. The number of carbonyl (C=O) groups is 1. The third-order valence-corrected chi connectivity index (χ3v) is 6.33. The van der Waals surface area contributed by atoms with Crippen molar-refractivity contribution in [3.63, 3.8) is 0 Å². The number of aromatic amines is 1. The summed E-state index contributed by atoms with van der Waals surface area (Å²) in [5.74, 6) is 0.136. The van der Waals surface area contributed by atoms with Gasteiger partial charge < -0.3 is 9.88 Å². The monoisotopic (exact) mass is 384 g/mol. The number of aromatic nitrogens is 5. The fourth-order valence-corrected chi connectivity index (χ4v) is 4.86. The van der Waals surface area contributed by atoms with E-state index in [1.54, 1.807) is 11.0 Å². The van der Waals surface area contributed by atoms with Crippen molar-refractivity contribution in [1.82, 2.24) is 30.1 Å². The van der Waals surface area contributed by atoms with E-state index in [1.807, 2.05) is 23.1 Å². The molecule has 5 rings (SSSR count). The Hall–Kier alpha value is -2.41. The zero-order valence-electron chi connectivity index (χ0n) is 15.0. The highest BCUT2D eigenvalue weighted by Crippen LogP contribution is 2.38. The molecule has 3 heterocycles. The Morgan fingerprint density at radius 1 is 1.22 bits per heavy atom. The number of fused-ring (bicyclic) bond motifs is 3. The zero-order chi connectivity index (χ0) is 18.4. The van der Waals surface area contributed by atoms with E-state index in [-0.39, 0.29) is 5.91 Å². The number of H-pyrrole nitrogens is 1. The molecule has 27 heavy (non-hydrogen) atoms.